The van der Waals surface area contributed by atoms with Crippen LogP contribution in [-0.4, -0.2) is 12.8 Å². The Labute approximate surface area is 224 Å². The lowest BCUT2D eigenvalue weighted by Crippen LogP contribution is -2.26. The summed E-state index contributed by atoms with van der Waals surface area (Å²) >= 11 is 0. The second kappa shape index (κ2) is 12.3. The zero-order valence-electron chi connectivity index (χ0n) is 22.7. The molecule has 0 spiro atoms. The quantitative estimate of drug-likeness (QED) is 0.156. The van der Waals surface area contributed by atoms with Crippen LogP contribution in [-0.2, 0) is 11.8 Å². The molecule has 2 nitrogen and oxygen atoms in total. The zero-order chi connectivity index (χ0) is 26.3. The van der Waals surface area contributed by atoms with Gasteiger partial charge in [0.1, 0.15) is 12.4 Å². The predicted molar refractivity (Wildman–Crippen MR) is 161 cm³/mol. The van der Waals surface area contributed by atoms with Crippen LogP contribution >= 0.6 is 8.58 Å². The molecule has 4 rings (SSSR count). The van der Waals surface area contributed by atoms with Crippen molar-refractivity contribution in [3.63, 3.8) is 0 Å². The molecule has 3 heteroatoms. The molecule has 0 N–H and O–H groups in total. The van der Waals surface area contributed by atoms with Crippen molar-refractivity contribution in [2.24, 2.45) is 4.99 Å². The molecule has 0 heterocycles. The van der Waals surface area contributed by atoms with Gasteiger partial charge < -0.3 is 4.74 Å². The Morgan fingerprint density at radius 1 is 0.757 bits per heavy atom. The van der Waals surface area contributed by atoms with Gasteiger partial charge in [0.05, 0.1) is 5.71 Å². The Bertz CT molecular complexity index is 1340. The standard InChI is InChI=1S/C34H38NOP/c1-6-34(7-2,30-23-15-16-25(3)32(30)36-24-27-18-10-8-11-19-27)37-33-26(4)17-14-22-29(33)31(35-5)28-20-12-9-13-21-28/h8-23,37H,6-7,24H2,1-5H3/b35-31+. The smallest absolute Gasteiger partial charge is 0.126 e. The van der Waals surface area contributed by atoms with Crippen molar-refractivity contribution < 1.29 is 4.74 Å². The third-order valence-corrected chi connectivity index (χ3v) is 9.69. The number of nitrogens with zero attached hydrogens (tertiary/aromatic N) is 1. The molecular formula is C34H38NOP. The van der Waals surface area contributed by atoms with Crippen LogP contribution in [0.5, 0.6) is 5.75 Å². The Balaban J connectivity index is 1.79. The molecule has 4 aromatic rings. The molecule has 0 amide bonds. The van der Waals surface area contributed by atoms with Crippen molar-refractivity contribution in [2.75, 3.05) is 7.05 Å². The fourth-order valence-corrected chi connectivity index (χ4v) is 6.88. The van der Waals surface area contributed by atoms with E-state index >= 15 is 0 Å². The molecule has 190 valence electrons. The maximum Gasteiger partial charge on any atom is 0.126 e. The lowest BCUT2D eigenvalue weighted by molar-refractivity contribution is 0.296. The maximum absolute atomic E-state index is 6.58. The molecule has 0 bridgehead atoms. The van der Waals surface area contributed by atoms with Crippen LogP contribution in [0.1, 0.15) is 60.1 Å². The molecule has 0 saturated carbocycles. The van der Waals surface area contributed by atoms with Crippen LogP contribution in [0.25, 0.3) is 0 Å². The second-order valence-electron chi connectivity index (χ2n) is 9.58. The number of rotatable bonds is 10. The summed E-state index contributed by atoms with van der Waals surface area (Å²) in [7, 11) is 2.49. The normalized spacial score (nSPS) is 12.3. The molecule has 0 aliphatic rings. The molecule has 0 fully saturated rings. The monoisotopic (exact) mass is 507 g/mol. The van der Waals surface area contributed by atoms with Crippen molar-refractivity contribution >= 4 is 19.6 Å². The first kappa shape index (κ1) is 26.8. The minimum atomic E-state index is -0.0333. The first-order chi connectivity index (χ1) is 18.0. The van der Waals surface area contributed by atoms with Crippen molar-refractivity contribution in [1.29, 1.82) is 0 Å². The van der Waals surface area contributed by atoms with Gasteiger partial charge in [-0.25, -0.2) is 0 Å². The fourth-order valence-electron chi connectivity index (χ4n) is 5.10. The van der Waals surface area contributed by atoms with E-state index in [0.717, 1.165) is 29.9 Å². The Kier molecular flexibility index (Phi) is 8.95. The van der Waals surface area contributed by atoms with Gasteiger partial charge in [-0.2, -0.15) is 0 Å². The predicted octanol–water partition coefficient (Wildman–Crippen LogP) is 8.37. The summed E-state index contributed by atoms with van der Waals surface area (Å²) in [5, 5.41) is 1.36. The lowest BCUT2D eigenvalue weighted by atomic mass is 9.90. The molecule has 0 aliphatic heterocycles. The van der Waals surface area contributed by atoms with E-state index in [9.17, 15) is 0 Å². The van der Waals surface area contributed by atoms with Gasteiger partial charge in [-0.1, -0.05) is 119 Å². The molecule has 0 radical (unpaired) electrons. The molecule has 0 aromatic heterocycles. The summed E-state index contributed by atoms with van der Waals surface area (Å²) in [6.07, 6.45) is 2.07. The van der Waals surface area contributed by atoms with E-state index in [0.29, 0.717) is 15.2 Å². The van der Waals surface area contributed by atoms with E-state index in [1.165, 1.54) is 33.1 Å². The molecular weight excluding hydrogens is 469 g/mol. The van der Waals surface area contributed by atoms with E-state index in [1.807, 2.05) is 13.1 Å². The van der Waals surface area contributed by atoms with Crippen LogP contribution in [0.15, 0.2) is 102 Å². The highest BCUT2D eigenvalue weighted by Crippen LogP contribution is 2.51. The fraction of sp³-hybridized carbons (Fsp3) is 0.265. The van der Waals surface area contributed by atoms with E-state index < -0.39 is 0 Å². The highest BCUT2D eigenvalue weighted by Gasteiger charge is 2.34. The van der Waals surface area contributed by atoms with Crippen LogP contribution in [0.4, 0.5) is 0 Å². The molecule has 1 unspecified atom stereocenters. The van der Waals surface area contributed by atoms with Crippen molar-refractivity contribution in [2.45, 2.75) is 52.3 Å². The average Bonchev–Trinajstić information content (AvgIpc) is 2.94. The number of hydrogen-bond donors (Lipinski definition) is 0. The largest absolute Gasteiger partial charge is 0.488 e. The Morgan fingerprint density at radius 2 is 1.38 bits per heavy atom. The third kappa shape index (κ3) is 5.86. The van der Waals surface area contributed by atoms with E-state index in [-0.39, 0.29) is 5.16 Å². The van der Waals surface area contributed by atoms with Crippen LogP contribution in [0.2, 0.25) is 0 Å². The number of para-hydroxylation sites is 1. The minimum absolute atomic E-state index is 0.0333. The summed E-state index contributed by atoms with van der Waals surface area (Å²) in [5.41, 5.74) is 8.45. The van der Waals surface area contributed by atoms with Crippen LogP contribution in [0.3, 0.4) is 0 Å². The molecule has 37 heavy (non-hydrogen) atoms. The summed E-state index contributed by atoms with van der Waals surface area (Å²) < 4.78 is 6.58. The lowest BCUT2D eigenvalue weighted by Gasteiger charge is -2.36. The van der Waals surface area contributed by atoms with Gasteiger partial charge in [-0.3, -0.25) is 4.99 Å². The molecule has 0 aliphatic carbocycles. The SMILES string of the molecule is CCC(CC)(Pc1c(C)cccc1/C(=N/C)c1ccccc1)c1cccc(C)c1OCc1ccccc1. The first-order valence-corrected chi connectivity index (χ1v) is 14.2. The van der Waals surface area contributed by atoms with Gasteiger partial charge in [-0.15, -0.1) is 0 Å². The van der Waals surface area contributed by atoms with Gasteiger partial charge in [0, 0.05) is 28.9 Å². The second-order valence-corrected chi connectivity index (χ2v) is 11.3. The average molecular weight is 508 g/mol. The number of ether oxygens (including phenoxy) is 1. The van der Waals surface area contributed by atoms with Gasteiger partial charge in [-0.05, 0) is 48.7 Å². The van der Waals surface area contributed by atoms with Crippen molar-refractivity contribution in [3.05, 3.63) is 130 Å². The summed E-state index contributed by atoms with van der Waals surface area (Å²) in [6.45, 7) is 9.62. The van der Waals surface area contributed by atoms with Gasteiger partial charge >= 0.3 is 0 Å². The Morgan fingerprint density at radius 3 is 2.03 bits per heavy atom. The molecule has 4 aromatic carbocycles. The number of hydrogen-bond acceptors (Lipinski definition) is 2. The summed E-state index contributed by atoms with van der Waals surface area (Å²) in [6, 6.07) is 34.3. The third-order valence-electron chi connectivity index (χ3n) is 7.32. The first-order valence-electron chi connectivity index (χ1n) is 13.2. The highest BCUT2D eigenvalue weighted by molar-refractivity contribution is 7.49. The van der Waals surface area contributed by atoms with Crippen LogP contribution in [0, 0.1) is 13.8 Å². The zero-order valence-corrected chi connectivity index (χ0v) is 23.7. The molecule has 0 saturated heterocycles. The molecule has 1 atom stereocenters. The summed E-state index contributed by atoms with van der Waals surface area (Å²) in [4.78, 5) is 4.78. The topological polar surface area (TPSA) is 21.6 Å². The number of benzene rings is 4. The number of aryl methyl sites for hydroxylation is 2. The van der Waals surface area contributed by atoms with Crippen LogP contribution < -0.4 is 10.0 Å². The van der Waals surface area contributed by atoms with E-state index in [1.54, 1.807) is 0 Å². The highest BCUT2D eigenvalue weighted by atomic mass is 31.1. The summed E-state index contributed by atoms with van der Waals surface area (Å²) in [5.74, 6) is 1.03. The van der Waals surface area contributed by atoms with Crippen molar-refractivity contribution in [3.8, 4) is 5.75 Å². The van der Waals surface area contributed by atoms with Gasteiger partial charge in [0.15, 0.2) is 0 Å². The van der Waals surface area contributed by atoms with E-state index in [4.69, 9.17) is 9.73 Å². The Hall–Kier alpha value is -3.22. The van der Waals surface area contributed by atoms with Gasteiger partial charge in [0.25, 0.3) is 0 Å². The van der Waals surface area contributed by atoms with E-state index in [2.05, 4.69) is 119 Å². The number of aliphatic imine (C=N–C) groups is 1. The van der Waals surface area contributed by atoms with Crippen molar-refractivity contribution in [1.82, 2.24) is 0 Å². The minimum Gasteiger partial charge on any atom is -0.488 e. The maximum atomic E-state index is 6.58. The van der Waals surface area contributed by atoms with Gasteiger partial charge in [0.2, 0.25) is 0 Å².